The number of ether oxygens (including phenoxy) is 1. The van der Waals surface area contributed by atoms with Gasteiger partial charge >= 0.3 is 5.97 Å². The maximum Gasteiger partial charge on any atom is 0.335 e. The minimum Gasteiger partial charge on any atom is -0.434 e. The Hall–Kier alpha value is -0.920. The topological polar surface area (TPSA) is 95.7 Å². The molecule has 0 spiro atoms. The van der Waals surface area contributed by atoms with Gasteiger partial charge in [0.2, 0.25) is 6.79 Å². The van der Waals surface area contributed by atoms with Crippen LogP contribution in [0.2, 0.25) is 0 Å². The van der Waals surface area contributed by atoms with Gasteiger partial charge in [-0.25, -0.2) is 8.98 Å². The molecule has 0 saturated carbocycles. The van der Waals surface area contributed by atoms with Gasteiger partial charge in [0.1, 0.15) is 5.88 Å². The molecule has 0 aliphatic rings. The van der Waals surface area contributed by atoms with Gasteiger partial charge in [-0.15, -0.1) is 0 Å². The zero-order valence-corrected chi connectivity index (χ0v) is 7.96. The number of rotatable bonds is 5. The molecule has 0 aromatic carbocycles. The average Bonchev–Trinajstić information content (AvgIpc) is 2.04. The minimum absolute atomic E-state index is 0.161. The average molecular weight is 209 g/mol. The third kappa shape index (κ3) is 5.34. The predicted molar refractivity (Wildman–Crippen MR) is 44.8 cm³/mol. The van der Waals surface area contributed by atoms with E-state index in [1.807, 2.05) is 0 Å². The second kappa shape index (κ2) is 4.95. The zero-order valence-electron chi connectivity index (χ0n) is 7.15. The molecule has 0 unspecified atom stereocenters. The molecule has 0 bridgehead atoms. The normalized spacial score (nSPS) is 10.9. The van der Waals surface area contributed by atoms with Crippen molar-refractivity contribution in [3.05, 3.63) is 12.2 Å². The molecule has 0 aliphatic carbocycles. The summed E-state index contributed by atoms with van der Waals surface area (Å²) in [6, 6.07) is 0. The van der Waals surface area contributed by atoms with E-state index < -0.39 is 28.8 Å². The number of nitrogens with two attached hydrogens (primary N) is 1. The van der Waals surface area contributed by atoms with Gasteiger partial charge in [0.05, 0.1) is 0 Å². The van der Waals surface area contributed by atoms with Gasteiger partial charge < -0.3 is 10.5 Å². The highest BCUT2D eigenvalue weighted by Crippen LogP contribution is 1.95. The molecule has 0 heterocycles. The van der Waals surface area contributed by atoms with Gasteiger partial charge in [0.15, 0.2) is 0 Å². The van der Waals surface area contributed by atoms with Crippen LogP contribution in [-0.4, -0.2) is 27.1 Å². The summed E-state index contributed by atoms with van der Waals surface area (Å²) in [6.07, 6.45) is 0. The van der Waals surface area contributed by atoms with E-state index in [0.29, 0.717) is 0 Å². The van der Waals surface area contributed by atoms with Crippen LogP contribution in [0, 0.1) is 0 Å². The number of carbonyl (C=O) groups is 1. The molecule has 76 valence electrons. The van der Waals surface area contributed by atoms with E-state index in [0.717, 1.165) is 0 Å². The second-order valence-corrected chi connectivity index (χ2v) is 3.86. The largest absolute Gasteiger partial charge is 0.434 e. The van der Waals surface area contributed by atoms with Crippen LogP contribution in [0.25, 0.3) is 0 Å². The fourth-order valence-electron chi connectivity index (χ4n) is 0.322. The van der Waals surface area contributed by atoms with Crippen LogP contribution >= 0.6 is 0 Å². The fraction of sp³-hybridized carbons (Fsp3) is 0.500. The zero-order chi connectivity index (χ0) is 10.5. The molecular formula is C6H11NO5S. The summed E-state index contributed by atoms with van der Waals surface area (Å²) in [5.41, 5.74) is 4.97. The third-order valence-electron chi connectivity index (χ3n) is 0.970. The summed E-state index contributed by atoms with van der Waals surface area (Å²) in [5.74, 6) is -1.37. The Morgan fingerprint density at radius 2 is 2.08 bits per heavy atom. The van der Waals surface area contributed by atoms with Crippen molar-refractivity contribution in [3.63, 3.8) is 0 Å². The highest BCUT2D eigenvalue weighted by atomic mass is 32.2. The highest BCUT2D eigenvalue weighted by Gasteiger charge is 2.09. The Morgan fingerprint density at radius 3 is 2.46 bits per heavy atom. The van der Waals surface area contributed by atoms with Crippen molar-refractivity contribution in [2.24, 2.45) is 5.73 Å². The summed E-state index contributed by atoms with van der Waals surface area (Å²) in [7, 11) is -3.77. The fourth-order valence-corrected chi connectivity index (χ4v) is 0.613. The lowest BCUT2D eigenvalue weighted by molar-refractivity contribution is -0.145. The van der Waals surface area contributed by atoms with Crippen molar-refractivity contribution < 1.29 is 22.1 Å². The maximum absolute atomic E-state index is 10.7. The molecule has 0 aliphatic heterocycles. The summed E-state index contributed by atoms with van der Waals surface area (Å²) >= 11 is 0. The van der Waals surface area contributed by atoms with Gasteiger partial charge in [-0.05, 0) is 6.92 Å². The standard InChI is InChI=1S/C6H11NO5S/c1-5(2)6(8)11-4-12-13(9,10)3-7/h1,3-4,7H2,2H3. The smallest absolute Gasteiger partial charge is 0.335 e. The van der Waals surface area contributed by atoms with Gasteiger partial charge in [-0.2, -0.15) is 8.42 Å². The summed E-state index contributed by atoms with van der Waals surface area (Å²) in [6.45, 7) is 4.04. The Balaban J connectivity index is 3.82. The molecule has 0 saturated heterocycles. The van der Waals surface area contributed by atoms with E-state index in [1.54, 1.807) is 0 Å². The molecule has 0 atom stereocenters. The lowest BCUT2D eigenvalue weighted by atomic mass is 10.4. The molecule has 0 radical (unpaired) electrons. The first-order valence-electron chi connectivity index (χ1n) is 3.29. The molecular weight excluding hydrogens is 198 g/mol. The lowest BCUT2D eigenvalue weighted by Gasteiger charge is -2.04. The van der Waals surface area contributed by atoms with Gasteiger partial charge in [-0.3, -0.25) is 0 Å². The molecule has 6 nitrogen and oxygen atoms in total. The monoisotopic (exact) mass is 209 g/mol. The lowest BCUT2D eigenvalue weighted by Crippen LogP contribution is -2.20. The summed E-state index contributed by atoms with van der Waals surface area (Å²) < 4.78 is 29.7. The first-order chi connectivity index (χ1) is 5.89. The highest BCUT2D eigenvalue weighted by molar-refractivity contribution is 7.86. The van der Waals surface area contributed by atoms with Crippen LogP contribution in [0.3, 0.4) is 0 Å². The first kappa shape index (κ1) is 12.1. The van der Waals surface area contributed by atoms with Crippen molar-refractivity contribution in [3.8, 4) is 0 Å². The molecule has 0 aromatic heterocycles. The number of carbonyl (C=O) groups excluding carboxylic acids is 1. The van der Waals surface area contributed by atoms with E-state index in [1.165, 1.54) is 6.92 Å². The molecule has 13 heavy (non-hydrogen) atoms. The van der Waals surface area contributed by atoms with E-state index in [2.05, 4.69) is 15.5 Å². The van der Waals surface area contributed by atoms with E-state index >= 15 is 0 Å². The number of hydrogen-bond donors (Lipinski definition) is 1. The van der Waals surface area contributed by atoms with Crippen LogP contribution in [0.15, 0.2) is 12.2 Å². The molecule has 0 aromatic rings. The number of esters is 1. The minimum atomic E-state index is -3.77. The first-order valence-corrected chi connectivity index (χ1v) is 4.86. The van der Waals surface area contributed by atoms with Crippen LogP contribution in [-0.2, 0) is 23.8 Å². The Bertz CT molecular complexity index is 294. The molecule has 2 N–H and O–H groups in total. The quantitative estimate of drug-likeness (QED) is 0.279. The van der Waals surface area contributed by atoms with Crippen LogP contribution in [0.1, 0.15) is 6.92 Å². The summed E-state index contributed by atoms with van der Waals surface area (Å²) in [5, 5.41) is 0. The maximum atomic E-state index is 10.7. The van der Waals surface area contributed by atoms with Gasteiger partial charge in [0.25, 0.3) is 10.1 Å². The summed E-state index contributed by atoms with van der Waals surface area (Å²) in [4.78, 5) is 10.7. The SMILES string of the molecule is C=C(C)C(=O)OCOS(=O)(=O)CN. The van der Waals surface area contributed by atoms with Crippen LogP contribution < -0.4 is 5.73 Å². The van der Waals surface area contributed by atoms with Crippen molar-refractivity contribution in [1.29, 1.82) is 0 Å². The van der Waals surface area contributed by atoms with Crippen LogP contribution in [0.4, 0.5) is 0 Å². The van der Waals surface area contributed by atoms with Gasteiger partial charge in [-0.1, -0.05) is 6.58 Å². The van der Waals surface area contributed by atoms with Crippen molar-refractivity contribution in [1.82, 2.24) is 0 Å². The second-order valence-electron chi connectivity index (χ2n) is 2.17. The Morgan fingerprint density at radius 1 is 1.54 bits per heavy atom. The third-order valence-corrected chi connectivity index (χ3v) is 1.83. The van der Waals surface area contributed by atoms with Gasteiger partial charge in [0, 0.05) is 5.57 Å². The predicted octanol–water partition coefficient (Wildman–Crippen LogP) is -0.674. The van der Waals surface area contributed by atoms with Crippen LogP contribution in [0.5, 0.6) is 0 Å². The molecule has 0 fully saturated rings. The number of hydrogen-bond acceptors (Lipinski definition) is 6. The molecule has 7 heteroatoms. The van der Waals surface area contributed by atoms with Crippen molar-refractivity contribution >= 4 is 16.1 Å². The molecule has 0 amide bonds. The van der Waals surface area contributed by atoms with Crippen molar-refractivity contribution in [2.45, 2.75) is 6.92 Å². The van der Waals surface area contributed by atoms with E-state index in [4.69, 9.17) is 5.73 Å². The van der Waals surface area contributed by atoms with E-state index in [9.17, 15) is 13.2 Å². The Labute approximate surface area is 76.4 Å². The van der Waals surface area contributed by atoms with E-state index in [-0.39, 0.29) is 5.57 Å². The van der Waals surface area contributed by atoms with Crippen molar-refractivity contribution in [2.75, 3.05) is 12.7 Å². The molecule has 0 rings (SSSR count). The Kier molecular flexibility index (Phi) is 4.60.